The van der Waals surface area contributed by atoms with Crippen molar-refractivity contribution in [2.75, 3.05) is 24.4 Å². The number of aryl methyl sites for hydroxylation is 1. The Hall–Kier alpha value is -3.17. The fourth-order valence-corrected chi connectivity index (χ4v) is 5.57. The molecule has 7 nitrogen and oxygen atoms in total. The van der Waals surface area contributed by atoms with Gasteiger partial charge in [0.25, 0.3) is 10.0 Å². The Balaban J connectivity index is 1.97. The fourth-order valence-electron chi connectivity index (χ4n) is 3.78. The van der Waals surface area contributed by atoms with Gasteiger partial charge in [0.2, 0.25) is 11.8 Å². The summed E-state index contributed by atoms with van der Waals surface area (Å²) >= 11 is 3.39. The van der Waals surface area contributed by atoms with Crippen LogP contribution < -0.4 is 9.62 Å². The lowest BCUT2D eigenvalue weighted by Gasteiger charge is -2.31. The van der Waals surface area contributed by atoms with Crippen LogP contribution in [-0.2, 0) is 26.0 Å². The molecule has 0 bridgehead atoms. The first-order valence-electron chi connectivity index (χ1n) is 11.5. The number of nitrogens with one attached hydrogen (secondary N) is 1. The van der Waals surface area contributed by atoms with Gasteiger partial charge in [-0.2, -0.15) is 0 Å². The topological polar surface area (TPSA) is 86.8 Å². The SMILES string of the molecule is CNC(=O)[C@H](C)N(CCc1ccccc1)C(=O)CN(c1cccc(Br)c1)S(=O)(=O)c1ccc(C)cc1. The van der Waals surface area contributed by atoms with E-state index >= 15 is 0 Å². The van der Waals surface area contributed by atoms with Gasteiger partial charge >= 0.3 is 0 Å². The van der Waals surface area contributed by atoms with Crippen molar-refractivity contribution in [3.63, 3.8) is 0 Å². The van der Waals surface area contributed by atoms with Crippen LogP contribution in [0.5, 0.6) is 0 Å². The van der Waals surface area contributed by atoms with Crippen molar-refractivity contribution in [2.24, 2.45) is 0 Å². The van der Waals surface area contributed by atoms with Crippen LogP contribution >= 0.6 is 15.9 Å². The van der Waals surface area contributed by atoms with Gasteiger partial charge in [-0.3, -0.25) is 13.9 Å². The highest BCUT2D eigenvalue weighted by atomic mass is 79.9. The molecule has 3 rings (SSSR count). The summed E-state index contributed by atoms with van der Waals surface area (Å²) in [4.78, 5) is 27.6. The third kappa shape index (κ3) is 6.73. The van der Waals surface area contributed by atoms with E-state index in [2.05, 4.69) is 21.2 Å². The smallest absolute Gasteiger partial charge is 0.264 e. The van der Waals surface area contributed by atoms with Gasteiger partial charge in [-0.05, 0) is 56.2 Å². The third-order valence-corrected chi connectivity index (χ3v) is 8.16. The molecule has 0 radical (unpaired) electrons. The minimum atomic E-state index is -4.07. The molecule has 36 heavy (non-hydrogen) atoms. The van der Waals surface area contributed by atoms with Crippen LogP contribution in [0.4, 0.5) is 5.69 Å². The molecule has 0 aliphatic carbocycles. The predicted molar refractivity (Wildman–Crippen MR) is 145 cm³/mol. The molecule has 1 atom stereocenters. The normalized spacial score (nSPS) is 12.0. The molecule has 0 aliphatic heterocycles. The molecule has 0 heterocycles. The summed E-state index contributed by atoms with van der Waals surface area (Å²) in [6, 6.07) is 22.1. The molecule has 0 saturated carbocycles. The van der Waals surface area contributed by atoms with E-state index in [1.807, 2.05) is 37.3 Å². The molecular weight excluding hydrogens is 542 g/mol. The number of nitrogens with zero attached hydrogens (tertiary/aromatic N) is 2. The van der Waals surface area contributed by atoms with Crippen LogP contribution in [0.2, 0.25) is 0 Å². The molecule has 0 unspecified atom stereocenters. The zero-order chi connectivity index (χ0) is 26.3. The number of carbonyl (C=O) groups excluding carboxylic acids is 2. The Morgan fingerprint density at radius 1 is 0.972 bits per heavy atom. The molecule has 9 heteroatoms. The molecule has 3 aromatic carbocycles. The molecule has 2 amide bonds. The summed E-state index contributed by atoms with van der Waals surface area (Å²) in [5.74, 6) is -0.801. The Bertz CT molecular complexity index is 1300. The van der Waals surface area contributed by atoms with Crippen LogP contribution in [0.25, 0.3) is 0 Å². The van der Waals surface area contributed by atoms with Crippen molar-refractivity contribution < 1.29 is 18.0 Å². The molecule has 0 spiro atoms. The number of benzene rings is 3. The first-order chi connectivity index (χ1) is 17.1. The van der Waals surface area contributed by atoms with Crippen molar-refractivity contribution in [3.05, 3.63) is 94.5 Å². The second-order valence-electron chi connectivity index (χ2n) is 8.42. The second kappa shape index (κ2) is 12.2. The highest BCUT2D eigenvalue weighted by molar-refractivity contribution is 9.10. The van der Waals surface area contributed by atoms with Crippen molar-refractivity contribution in [2.45, 2.75) is 31.2 Å². The summed E-state index contributed by atoms with van der Waals surface area (Å²) in [5.41, 5.74) is 2.27. The monoisotopic (exact) mass is 571 g/mol. The average Bonchev–Trinajstić information content (AvgIpc) is 2.87. The highest BCUT2D eigenvalue weighted by Gasteiger charge is 2.32. The highest BCUT2D eigenvalue weighted by Crippen LogP contribution is 2.27. The Kier molecular flexibility index (Phi) is 9.28. The van der Waals surface area contributed by atoms with Gasteiger partial charge in [-0.15, -0.1) is 0 Å². The summed E-state index contributed by atoms with van der Waals surface area (Å²) < 4.78 is 29.2. The lowest BCUT2D eigenvalue weighted by atomic mass is 10.1. The maximum absolute atomic E-state index is 13.7. The first-order valence-corrected chi connectivity index (χ1v) is 13.8. The summed E-state index contributed by atoms with van der Waals surface area (Å²) in [6.45, 7) is 3.31. The maximum Gasteiger partial charge on any atom is 0.264 e. The summed E-state index contributed by atoms with van der Waals surface area (Å²) in [6.07, 6.45) is 0.523. The van der Waals surface area contributed by atoms with Gasteiger partial charge in [-0.1, -0.05) is 70.0 Å². The van der Waals surface area contributed by atoms with Crippen molar-refractivity contribution in [1.29, 1.82) is 0 Å². The minimum absolute atomic E-state index is 0.0797. The van der Waals surface area contributed by atoms with Crippen molar-refractivity contribution in [1.82, 2.24) is 10.2 Å². The number of carbonyl (C=O) groups is 2. The third-order valence-electron chi connectivity index (χ3n) is 5.88. The van der Waals surface area contributed by atoms with E-state index in [1.165, 1.54) is 24.1 Å². The Morgan fingerprint density at radius 3 is 2.25 bits per heavy atom. The lowest BCUT2D eigenvalue weighted by molar-refractivity contribution is -0.138. The van der Waals surface area contributed by atoms with Crippen molar-refractivity contribution >= 4 is 43.5 Å². The van der Waals surface area contributed by atoms with Crippen LogP contribution in [0.1, 0.15) is 18.1 Å². The number of amides is 2. The molecular formula is C27H30BrN3O4S. The Labute approximate surface area is 221 Å². The zero-order valence-electron chi connectivity index (χ0n) is 20.5. The van der Waals surface area contributed by atoms with Gasteiger partial charge < -0.3 is 10.2 Å². The molecule has 0 aromatic heterocycles. The number of rotatable bonds is 10. The number of likely N-dealkylation sites (N-methyl/N-ethyl adjacent to an activating group) is 1. The fraction of sp³-hybridized carbons (Fsp3) is 0.259. The lowest BCUT2D eigenvalue weighted by Crippen LogP contribution is -2.51. The van der Waals surface area contributed by atoms with Crippen molar-refractivity contribution in [3.8, 4) is 0 Å². The Morgan fingerprint density at radius 2 is 1.64 bits per heavy atom. The van der Waals surface area contributed by atoms with Gasteiger partial charge in [0.1, 0.15) is 12.6 Å². The largest absolute Gasteiger partial charge is 0.357 e. The zero-order valence-corrected chi connectivity index (χ0v) is 22.9. The second-order valence-corrected chi connectivity index (χ2v) is 11.2. The molecule has 1 N–H and O–H groups in total. The summed E-state index contributed by atoms with van der Waals surface area (Å²) in [5, 5.41) is 2.58. The maximum atomic E-state index is 13.7. The predicted octanol–water partition coefficient (Wildman–Crippen LogP) is 4.16. The first kappa shape index (κ1) is 27.4. The molecule has 0 saturated heterocycles. The van der Waals surface area contributed by atoms with E-state index in [4.69, 9.17) is 0 Å². The van der Waals surface area contributed by atoms with Crippen LogP contribution in [0.3, 0.4) is 0 Å². The van der Waals surface area contributed by atoms with Gasteiger partial charge in [0.15, 0.2) is 0 Å². The number of hydrogen-bond acceptors (Lipinski definition) is 4. The van der Waals surface area contributed by atoms with Gasteiger partial charge in [0.05, 0.1) is 10.6 Å². The average molecular weight is 573 g/mol. The van der Waals surface area contributed by atoms with E-state index in [-0.39, 0.29) is 17.3 Å². The van der Waals surface area contributed by atoms with E-state index in [0.29, 0.717) is 16.6 Å². The van der Waals surface area contributed by atoms with Crippen LogP contribution in [-0.4, -0.2) is 51.3 Å². The molecule has 0 aliphatic rings. The quantitative estimate of drug-likeness (QED) is 0.396. The van der Waals surface area contributed by atoms with E-state index < -0.39 is 28.5 Å². The molecule has 0 fully saturated rings. The van der Waals surface area contributed by atoms with E-state index in [1.54, 1.807) is 43.3 Å². The standard InChI is InChI=1S/C27H30BrN3O4S/c1-20-12-14-25(15-13-20)36(34,35)31(24-11-7-10-23(28)18-24)19-26(32)30(21(2)27(33)29-3)17-16-22-8-5-4-6-9-22/h4-15,18,21H,16-17,19H2,1-3H3,(H,29,33)/t21-/m0/s1. The molecule has 190 valence electrons. The number of hydrogen-bond donors (Lipinski definition) is 1. The van der Waals surface area contributed by atoms with Gasteiger partial charge in [0, 0.05) is 18.1 Å². The number of anilines is 1. The van der Waals surface area contributed by atoms with E-state index in [0.717, 1.165) is 15.4 Å². The number of halogens is 1. The summed E-state index contributed by atoms with van der Waals surface area (Å²) in [7, 11) is -2.56. The van der Waals surface area contributed by atoms with Crippen LogP contribution in [0, 0.1) is 6.92 Å². The van der Waals surface area contributed by atoms with Crippen LogP contribution in [0.15, 0.2) is 88.2 Å². The van der Waals surface area contributed by atoms with Gasteiger partial charge in [-0.25, -0.2) is 8.42 Å². The number of sulfonamides is 1. The minimum Gasteiger partial charge on any atom is -0.357 e. The van der Waals surface area contributed by atoms with E-state index in [9.17, 15) is 18.0 Å². The molecule has 3 aromatic rings.